The molecule has 1 heterocycles. The van der Waals surface area contributed by atoms with E-state index >= 15 is 0 Å². The highest BCUT2D eigenvalue weighted by atomic mass is 16.5. The molecule has 0 aliphatic carbocycles. The Balaban J connectivity index is 1.82. The number of hydrogen-bond acceptors (Lipinski definition) is 2. The summed E-state index contributed by atoms with van der Waals surface area (Å²) in [6.45, 7) is 18.0. The van der Waals surface area contributed by atoms with E-state index in [0.29, 0.717) is 0 Å². The molecule has 2 rings (SSSR count). The van der Waals surface area contributed by atoms with Crippen LogP contribution in [-0.4, -0.2) is 16.7 Å². The summed E-state index contributed by atoms with van der Waals surface area (Å²) in [4.78, 5) is 11.4. The van der Waals surface area contributed by atoms with Crippen molar-refractivity contribution < 1.29 is 14.6 Å². The number of fused-ring (bicyclic) bond motifs is 1. The number of benzene rings is 1. The largest absolute Gasteiger partial charge is 0.487 e. The SMILES string of the molecule is Cc1c(C)c2c(c(C)c1CC(=O)O)CC[C@@](C)(CCC[C@H](C)CCC[C@H](C)CCCC(C)C)O2. The molecular formula is C31H52O3. The van der Waals surface area contributed by atoms with Crippen LogP contribution in [-0.2, 0) is 17.6 Å². The maximum absolute atomic E-state index is 11.4. The molecule has 1 N–H and O–H groups in total. The van der Waals surface area contributed by atoms with Gasteiger partial charge in [0.05, 0.1) is 6.42 Å². The van der Waals surface area contributed by atoms with Gasteiger partial charge < -0.3 is 9.84 Å². The molecule has 1 aromatic rings. The molecule has 1 aromatic carbocycles. The third-order valence-corrected chi connectivity index (χ3v) is 8.39. The third kappa shape index (κ3) is 8.31. The van der Waals surface area contributed by atoms with Crippen LogP contribution >= 0.6 is 0 Å². The van der Waals surface area contributed by atoms with Crippen LogP contribution in [0.15, 0.2) is 0 Å². The number of carbonyl (C=O) groups is 1. The third-order valence-electron chi connectivity index (χ3n) is 8.39. The van der Waals surface area contributed by atoms with E-state index in [9.17, 15) is 9.90 Å². The summed E-state index contributed by atoms with van der Waals surface area (Å²) < 4.78 is 6.67. The molecule has 0 radical (unpaired) electrons. The lowest BCUT2D eigenvalue weighted by atomic mass is 9.82. The standard InChI is InChI=1S/C31H52O3/c1-21(2)12-9-13-22(3)14-10-15-23(4)16-11-18-31(8)19-17-27-26(7)28(20-29(32)33)24(5)25(6)30(27)34-31/h21-23H,9-20H2,1-8H3,(H,32,33)/t22-,23-,31-/m1/s1. The van der Waals surface area contributed by atoms with Crippen molar-refractivity contribution in [3.05, 3.63) is 27.8 Å². The molecule has 3 atom stereocenters. The van der Waals surface area contributed by atoms with E-state index in [1.54, 1.807) is 0 Å². The molecule has 0 amide bonds. The first-order chi connectivity index (χ1) is 15.9. The smallest absolute Gasteiger partial charge is 0.307 e. The lowest BCUT2D eigenvalue weighted by molar-refractivity contribution is -0.136. The van der Waals surface area contributed by atoms with Crippen LogP contribution in [0.3, 0.4) is 0 Å². The van der Waals surface area contributed by atoms with Crippen molar-refractivity contribution in [1.29, 1.82) is 0 Å². The number of ether oxygens (including phenoxy) is 1. The fraction of sp³-hybridized carbons (Fsp3) is 0.774. The molecule has 0 aromatic heterocycles. The van der Waals surface area contributed by atoms with Crippen LogP contribution in [0.4, 0.5) is 0 Å². The highest BCUT2D eigenvalue weighted by Crippen LogP contribution is 2.42. The molecule has 34 heavy (non-hydrogen) atoms. The fourth-order valence-corrected chi connectivity index (χ4v) is 5.78. The second-order valence-corrected chi connectivity index (χ2v) is 12.1. The molecule has 0 spiro atoms. The molecule has 194 valence electrons. The van der Waals surface area contributed by atoms with Crippen LogP contribution in [0.2, 0.25) is 0 Å². The van der Waals surface area contributed by atoms with Gasteiger partial charge in [-0.15, -0.1) is 0 Å². The van der Waals surface area contributed by atoms with Gasteiger partial charge >= 0.3 is 5.97 Å². The molecule has 0 fully saturated rings. The van der Waals surface area contributed by atoms with Gasteiger partial charge in [0.15, 0.2) is 0 Å². The molecule has 3 heteroatoms. The van der Waals surface area contributed by atoms with Gasteiger partial charge in [0.2, 0.25) is 0 Å². The zero-order valence-electron chi connectivity index (χ0n) is 23.5. The Labute approximate surface area is 210 Å². The van der Waals surface area contributed by atoms with Gasteiger partial charge in [0.1, 0.15) is 11.4 Å². The Morgan fingerprint density at radius 2 is 1.44 bits per heavy atom. The molecule has 0 saturated heterocycles. The van der Waals surface area contributed by atoms with E-state index in [2.05, 4.69) is 48.5 Å². The van der Waals surface area contributed by atoms with E-state index in [1.165, 1.54) is 56.9 Å². The van der Waals surface area contributed by atoms with Crippen LogP contribution < -0.4 is 4.74 Å². The number of aliphatic carboxylic acids is 1. The number of rotatable bonds is 14. The van der Waals surface area contributed by atoms with Gasteiger partial charge in [-0.25, -0.2) is 0 Å². The van der Waals surface area contributed by atoms with E-state index < -0.39 is 5.97 Å². The number of hydrogen-bond donors (Lipinski definition) is 1. The van der Waals surface area contributed by atoms with Crippen LogP contribution in [0, 0.1) is 38.5 Å². The van der Waals surface area contributed by atoms with Crippen LogP contribution in [0.5, 0.6) is 5.75 Å². The lowest BCUT2D eigenvalue weighted by Gasteiger charge is -2.38. The predicted molar refractivity (Wildman–Crippen MR) is 144 cm³/mol. The Bertz CT molecular complexity index is 810. The van der Waals surface area contributed by atoms with Gasteiger partial charge in [-0.2, -0.15) is 0 Å². The quantitative estimate of drug-likeness (QED) is 0.294. The van der Waals surface area contributed by atoms with Crippen LogP contribution in [0.1, 0.15) is 127 Å². The maximum atomic E-state index is 11.4. The normalized spacial score (nSPS) is 19.6. The van der Waals surface area contributed by atoms with Gasteiger partial charge in [0, 0.05) is 0 Å². The summed E-state index contributed by atoms with van der Waals surface area (Å²) in [6.07, 6.45) is 13.9. The number of carboxylic acids is 1. The van der Waals surface area contributed by atoms with Crippen molar-refractivity contribution in [2.45, 2.75) is 138 Å². The van der Waals surface area contributed by atoms with Crippen molar-refractivity contribution in [2.24, 2.45) is 17.8 Å². The summed E-state index contributed by atoms with van der Waals surface area (Å²) in [7, 11) is 0. The van der Waals surface area contributed by atoms with Gasteiger partial charge in [-0.1, -0.05) is 72.6 Å². The van der Waals surface area contributed by atoms with Crippen molar-refractivity contribution in [2.75, 3.05) is 0 Å². The Morgan fingerprint density at radius 1 is 0.882 bits per heavy atom. The second kappa shape index (κ2) is 13.0. The van der Waals surface area contributed by atoms with Crippen molar-refractivity contribution in [1.82, 2.24) is 0 Å². The average molecular weight is 473 g/mol. The summed E-state index contributed by atoms with van der Waals surface area (Å²) in [6, 6.07) is 0. The summed E-state index contributed by atoms with van der Waals surface area (Å²) in [5, 5.41) is 9.34. The molecule has 1 aliphatic rings. The summed E-state index contributed by atoms with van der Waals surface area (Å²) in [5.74, 6) is 2.75. The first kappa shape index (κ1) is 28.7. The van der Waals surface area contributed by atoms with Gasteiger partial charge in [0.25, 0.3) is 0 Å². The molecular weight excluding hydrogens is 420 g/mol. The lowest BCUT2D eigenvalue weighted by Crippen LogP contribution is -2.37. The first-order valence-corrected chi connectivity index (χ1v) is 14.0. The van der Waals surface area contributed by atoms with Gasteiger partial charge in [-0.3, -0.25) is 4.79 Å². The molecule has 1 aliphatic heterocycles. The molecule has 0 unspecified atom stereocenters. The summed E-state index contributed by atoms with van der Waals surface area (Å²) >= 11 is 0. The zero-order chi connectivity index (χ0) is 25.5. The van der Waals surface area contributed by atoms with Crippen molar-refractivity contribution in [3.63, 3.8) is 0 Å². The van der Waals surface area contributed by atoms with E-state index in [1.807, 2.05) is 6.92 Å². The summed E-state index contributed by atoms with van der Waals surface area (Å²) in [5.41, 5.74) is 5.41. The Kier molecular flexibility index (Phi) is 11.0. The minimum atomic E-state index is -0.762. The topological polar surface area (TPSA) is 46.5 Å². The second-order valence-electron chi connectivity index (χ2n) is 12.1. The molecule has 0 bridgehead atoms. The fourth-order valence-electron chi connectivity index (χ4n) is 5.78. The molecule has 3 nitrogen and oxygen atoms in total. The first-order valence-electron chi connectivity index (χ1n) is 14.0. The van der Waals surface area contributed by atoms with Gasteiger partial charge in [-0.05, 0) is 98.9 Å². The predicted octanol–water partition coefficient (Wildman–Crippen LogP) is 8.76. The minimum absolute atomic E-state index is 0.0949. The highest BCUT2D eigenvalue weighted by Gasteiger charge is 2.34. The number of carboxylic acid groups (broad SMARTS) is 1. The van der Waals surface area contributed by atoms with E-state index in [4.69, 9.17) is 4.74 Å². The van der Waals surface area contributed by atoms with Crippen molar-refractivity contribution >= 4 is 5.97 Å². The maximum Gasteiger partial charge on any atom is 0.307 e. The minimum Gasteiger partial charge on any atom is -0.487 e. The Hall–Kier alpha value is -1.51. The Morgan fingerprint density at radius 3 is 2.00 bits per heavy atom. The van der Waals surface area contributed by atoms with Crippen LogP contribution in [0.25, 0.3) is 0 Å². The highest BCUT2D eigenvalue weighted by molar-refractivity contribution is 5.73. The van der Waals surface area contributed by atoms with E-state index in [-0.39, 0.29) is 12.0 Å². The molecule has 0 saturated carbocycles. The zero-order valence-corrected chi connectivity index (χ0v) is 23.5. The van der Waals surface area contributed by atoms with E-state index in [0.717, 1.165) is 65.0 Å². The van der Waals surface area contributed by atoms with Crippen molar-refractivity contribution in [3.8, 4) is 5.75 Å². The average Bonchev–Trinajstić information content (AvgIpc) is 2.74. The monoisotopic (exact) mass is 472 g/mol.